The van der Waals surface area contributed by atoms with Gasteiger partial charge in [-0.3, -0.25) is 4.98 Å². The largest absolute Gasteiger partial charge is 0.357 e. The maximum atomic E-state index is 4.63. The Labute approximate surface area is 149 Å². The molecule has 1 unspecified atom stereocenters. The Bertz CT molecular complexity index is 643. The summed E-state index contributed by atoms with van der Waals surface area (Å²) in [7, 11) is 0. The Balaban J connectivity index is 1.87. The number of guanidine groups is 1. The van der Waals surface area contributed by atoms with E-state index < -0.39 is 0 Å². The number of rotatable bonds is 7. The van der Waals surface area contributed by atoms with E-state index >= 15 is 0 Å². The van der Waals surface area contributed by atoms with Gasteiger partial charge in [-0.25, -0.2) is 4.99 Å². The zero-order valence-corrected chi connectivity index (χ0v) is 15.4. The van der Waals surface area contributed by atoms with E-state index in [1.165, 1.54) is 4.90 Å². The fourth-order valence-corrected chi connectivity index (χ4v) is 3.15. The molecule has 2 aromatic rings. The van der Waals surface area contributed by atoms with Crippen LogP contribution in [0.2, 0.25) is 0 Å². The summed E-state index contributed by atoms with van der Waals surface area (Å²) in [5.74, 6) is 0.835. The van der Waals surface area contributed by atoms with Gasteiger partial charge in [0.1, 0.15) is 0 Å². The molecule has 0 aliphatic carbocycles. The van der Waals surface area contributed by atoms with Crippen molar-refractivity contribution in [2.24, 2.45) is 4.99 Å². The molecule has 1 aromatic heterocycles. The topological polar surface area (TPSA) is 49.3 Å². The molecule has 0 bridgehead atoms. The molecule has 0 amide bonds. The third-order valence-electron chi connectivity index (χ3n) is 3.33. The number of hydrogen-bond acceptors (Lipinski definition) is 3. The fraction of sp³-hybridized carbons (Fsp3) is 0.368. The lowest BCUT2D eigenvalue weighted by Gasteiger charge is -2.15. The highest BCUT2D eigenvalue weighted by Crippen LogP contribution is 2.21. The maximum Gasteiger partial charge on any atom is 0.191 e. The summed E-state index contributed by atoms with van der Waals surface area (Å²) in [4.78, 5) is 10.4. The van der Waals surface area contributed by atoms with E-state index in [0.717, 1.165) is 30.4 Å². The van der Waals surface area contributed by atoms with Gasteiger partial charge in [0.15, 0.2) is 5.96 Å². The highest BCUT2D eigenvalue weighted by Gasteiger charge is 2.06. The average molecular weight is 343 g/mol. The Hall–Kier alpha value is -2.01. The zero-order chi connectivity index (χ0) is 17.2. The Morgan fingerprint density at radius 1 is 1.12 bits per heavy atom. The molecule has 1 aromatic carbocycles. The minimum Gasteiger partial charge on any atom is -0.357 e. The average Bonchev–Trinajstić information content (AvgIpc) is 2.58. The van der Waals surface area contributed by atoms with Gasteiger partial charge in [0.2, 0.25) is 0 Å². The van der Waals surface area contributed by atoms with Gasteiger partial charge in [0.05, 0.1) is 12.2 Å². The van der Waals surface area contributed by atoms with Gasteiger partial charge in [-0.1, -0.05) is 31.2 Å². The second-order valence-corrected chi connectivity index (χ2v) is 7.10. The van der Waals surface area contributed by atoms with Crippen molar-refractivity contribution in [3.63, 3.8) is 0 Å². The van der Waals surface area contributed by atoms with E-state index in [1.807, 2.05) is 43.0 Å². The van der Waals surface area contributed by atoms with Crippen LogP contribution in [-0.2, 0) is 6.54 Å². The molecule has 0 spiro atoms. The van der Waals surface area contributed by atoms with Crippen molar-refractivity contribution in [2.75, 3.05) is 13.1 Å². The van der Waals surface area contributed by atoms with Gasteiger partial charge in [0.25, 0.3) is 0 Å². The van der Waals surface area contributed by atoms with Crippen LogP contribution in [0.4, 0.5) is 0 Å². The van der Waals surface area contributed by atoms with Crippen molar-refractivity contribution in [3.8, 4) is 0 Å². The zero-order valence-electron chi connectivity index (χ0n) is 14.6. The molecule has 0 radical (unpaired) electrons. The van der Waals surface area contributed by atoms with Gasteiger partial charge in [-0.2, -0.15) is 0 Å². The monoisotopic (exact) mass is 342 g/mol. The lowest BCUT2D eigenvalue weighted by atomic mass is 10.3. The predicted molar refractivity (Wildman–Crippen MR) is 104 cm³/mol. The van der Waals surface area contributed by atoms with Crippen molar-refractivity contribution in [1.82, 2.24) is 15.6 Å². The maximum absolute atomic E-state index is 4.63. The van der Waals surface area contributed by atoms with Crippen LogP contribution in [0.15, 0.2) is 58.4 Å². The van der Waals surface area contributed by atoms with Crippen molar-refractivity contribution in [3.05, 3.63) is 59.9 Å². The molecule has 0 saturated heterocycles. The van der Waals surface area contributed by atoms with Crippen LogP contribution in [0, 0.1) is 6.92 Å². The van der Waals surface area contributed by atoms with Gasteiger partial charge in [-0.15, -0.1) is 11.8 Å². The summed E-state index contributed by atoms with van der Waals surface area (Å²) >= 11 is 1.86. The number of aromatic nitrogens is 1. The third-order valence-corrected chi connectivity index (χ3v) is 4.44. The summed E-state index contributed by atoms with van der Waals surface area (Å²) in [5.41, 5.74) is 2.01. The first kappa shape index (κ1) is 18.3. The van der Waals surface area contributed by atoms with Gasteiger partial charge < -0.3 is 10.6 Å². The molecular formula is C19H26N4S. The van der Waals surface area contributed by atoms with Crippen LogP contribution in [0.3, 0.4) is 0 Å². The van der Waals surface area contributed by atoms with Gasteiger partial charge in [-0.05, 0) is 38.1 Å². The van der Waals surface area contributed by atoms with Crippen LogP contribution in [0.1, 0.15) is 25.2 Å². The van der Waals surface area contributed by atoms with Crippen LogP contribution in [0.25, 0.3) is 0 Å². The van der Waals surface area contributed by atoms with E-state index in [1.54, 1.807) is 0 Å². The molecule has 1 atom stereocenters. The first-order valence-corrected chi connectivity index (χ1v) is 9.21. The molecule has 5 heteroatoms. The number of nitrogens with one attached hydrogen (secondary N) is 2. The first-order valence-electron chi connectivity index (χ1n) is 8.33. The van der Waals surface area contributed by atoms with Crippen LogP contribution in [0.5, 0.6) is 0 Å². The second kappa shape index (κ2) is 9.98. The van der Waals surface area contributed by atoms with E-state index in [-0.39, 0.29) is 0 Å². The lowest BCUT2D eigenvalue weighted by Crippen LogP contribution is -2.40. The fourth-order valence-electron chi connectivity index (χ4n) is 2.20. The molecule has 1 heterocycles. The molecule has 4 nitrogen and oxygen atoms in total. The number of benzene rings is 1. The molecule has 2 N–H and O–H groups in total. The lowest BCUT2D eigenvalue weighted by molar-refractivity contribution is 0.791. The smallest absolute Gasteiger partial charge is 0.191 e. The highest BCUT2D eigenvalue weighted by molar-refractivity contribution is 8.00. The summed E-state index contributed by atoms with van der Waals surface area (Å²) < 4.78 is 0. The highest BCUT2D eigenvalue weighted by atomic mass is 32.2. The van der Waals surface area contributed by atoms with Crippen LogP contribution >= 0.6 is 11.8 Å². The standard InChI is InChI=1S/C19H26N4S/c1-4-20-19(22-14-17-10-8-9-15(2)23-17)21-13-16(3)24-18-11-6-5-7-12-18/h5-12,16H,4,13-14H2,1-3H3,(H2,20,21,22). The van der Waals surface area contributed by atoms with Crippen molar-refractivity contribution in [2.45, 2.75) is 37.5 Å². The molecular weight excluding hydrogens is 316 g/mol. The summed E-state index contributed by atoms with van der Waals surface area (Å²) in [6, 6.07) is 16.5. The van der Waals surface area contributed by atoms with E-state index in [2.05, 4.69) is 58.7 Å². The van der Waals surface area contributed by atoms with Crippen molar-refractivity contribution in [1.29, 1.82) is 0 Å². The van der Waals surface area contributed by atoms with Gasteiger partial charge >= 0.3 is 0 Å². The molecule has 0 aliphatic rings. The minimum atomic E-state index is 0.452. The number of aryl methyl sites for hydroxylation is 1. The molecule has 24 heavy (non-hydrogen) atoms. The predicted octanol–water partition coefficient (Wildman–Crippen LogP) is 3.63. The number of thioether (sulfide) groups is 1. The summed E-state index contributed by atoms with van der Waals surface area (Å²) in [6.45, 7) is 8.57. The van der Waals surface area contributed by atoms with Crippen LogP contribution < -0.4 is 10.6 Å². The van der Waals surface area contributed by atoms with Crippen molar-refractivity contribution >= 4 is 17.7 Å². The van der Waals surface area contributed by atoms with E-state index in [9.17, 15) is 0 Å². The molecule has 2 rings (SSSR count). The second-order valence-electron chi connectivity index (χ2n) is 5.59. The SMILES string of the molecule is CCNC(=NCc1cccc(C)n1)NCC(C)Sc1ccccc1. The number of aliphatic imine (C=N–C) groups is 1. The quantitative estimate of drug-likeness (QED) is 0.458. The Morgan fingerprint density at radius 3 is 2.62 bits per heavy atom. The third kappa shape index (κ3) is 6.62. The van der Waals surface area contributed by atoms with Gasteiger partial charge in [0, 0.05) is 28.9 Å². The Kier molecular flexibility index (Phi) is 7.62. The van der Waals surface area contributed by atoms with E-state index in [4.69, 9.17) is 0 Å². The number of pyridine rings is 1. The normalized spacial score (nSPS) is 12.7. The number of hydrogen-bond donors (Lipinski definition) is 2. The van der Waals surface area contributed by atoms with E-state index in [0.29, 0.717) is 11.8 Å². The Morgan fingerprint density at radius 2 is 1.92 bits per heavy atom. The number of nitrogens with zero attached hydrogens (tertiary/aromatic N) is 2. The molecule has 128 valence electrons. The molecule has 0 fully saturated rings. The summed E-state index contributed by atoms with van der Waals surface area (Å²) in [6.07, 6.45) is 0. The van der Waals surface area contributed by atoms with Crippen LogP contribution in [-0.4, -0.2) is 29.3 Å². The summed E-state index contributed by atoms with van der Waals surface area (Å²) in [5, 5.41) is 7.16. The molecule has 0 aliphatic heterocycles. The van der Waals surface area contributed by atoms with Crippen molar-refractivity contribution < 1.29 is 0 Å². The molecule has 0 saturated carbocycles. The first-order chi connectivity index (χ1) is 11.7. The minimum absolute atomic E-state index is 0.452.